The molecule has 1 aliphatic heterocycles. The summed E-state index contributed by atoms with van der Waals surface area (Å²) in [4.78, 5) is 2.86. The van der Waals surface area contributed by atoms with Gasteiger partial charge in [-0.1, -0.05) is 36.1 Å². The minimum atomic E-state index is -2.41. The molecule has 5 nitrogen and oxygen atoms in total. The second-order valence-corrected chi connectivity index (χ2v) is 14.9. The van der Waals surface area contributed by atoms with Gasteiger partial charge in [-0.3, -0.25) is 0 Å². The van der Waals surface area contributed by atoms with Crippen LogP contribution in [0.4, 0.5) is 20.2 Å². The van der Waals surface area contributed by atoms with Crippen LogP contribution in [0.2, 0.25) is 0 Å². The highest BCUT2D eigenvalue weighted by Gasteiger charge is 2.28. The minimum absolute atomic E-state index is 0.261. The fraction of sp³-hybridized carbons (Fsp3) is 0.312. The first kappa shape index (κ1) is 29.1. The number of methoxy groups -OCH3 is 1. The fourth-order valence-electron chi connectivity index (χ4n) is 5.07. The van der Waals surface area contributed by atoms with Crippen LogP contribution in [0.25, 0.3) is 21.2 Å². The fourth-order valence-corrected chi connectivity index (χ4v) is 7.10. The Bertz CT molecular complexity index is 1660. The van der Waals surface area contributed by atoms with Gasteiger partial charge in [0.1, 0.15) is 24.9 Å². The Morgan fingerprint density at radius 2 is 1.90 bits per heavy atom. The molecule has 3 aromatic carbocycles. The number of ether oxygens (including phenoxy) is 1. The van der Waals surface area contributed by atoms with Crippen molar-refractivity contribution in [3.05, 3.63) is 71.4 Å². The van der Waals surface area contributed by atoms with Crippen LogP contribution in [0.3, 0.4) is 0 Å². The number of thiophene rings is 1. The van der Waals surface area contributed by atoms with E-state index in [4.69, 9.17) is 4.74 Å². The van der Waals surface area contributed by atoms with Crippen molar-refractivity contribution in [2.45, 2.75) is 18.6 Å². The first-order chi connectivity index (χ1) is 19.6. The average molecular weight is 594 g/mol. The van der Waals surface area contributed by atoms with Crippen LogP contribution < -0.4 is 20.7 Å². The third-order valence-electron chi connectivity index (χ3n) is 7.31. The van der Waals surface area contributed by atoms with E-state index < -0.39 is 13.3 Å². The Morgan fingerprint density at radius 3 is 2.61 bits per heavy atom. The largest absolute Gasteiger partial charge is 0.495 e. The van der Waals surface area contributed by atoms with Gasteiger partial charge >= 0.3 is 0 Å². The summed E-state index contributed by atoms with van der Waals surface area (Å²) >= 11 is 1.55. The maximum absolute atomic E-state index is 14.9. The standard InChI is InChI=1S/C32H34F2N3O2PS/c1-37-18-16-26(25(34)20-37)36-28-8-5-7-24-31(21-10-12-22(33)13-11-21)30(41-32(24)28)9-6-17-35-27-15-14-23(40(3,4)38)19-29(27)39-2/h5,7-8,10-15,19,25-26,35-36H,16-18,20H2,1-4H3. The van der Waals surface area contributed by atoms with E-state index in [-0.39, 0.29) is 11.9 Å². The number of nitrogens with zero attached hydrogens (tertiary/aromatic N) is 1. The van der Waals surface area contributed by atoms with Crippen molar-refractivity contribution in [3.8, 4) is 28.7 Å². The summed E-state index contributed by atoms with van der Waals surface area (Å²) in [5.41, 5.74) is 3.45. The second-order valence-electron chi connectivity index (χ2n) is 10.7. The Balaban J connectivity index is 1.46. The number of benzene rings is 3. The van der Waals surface area contributed by atoms with Crippen LogP contribution in [-0.4, -0.2) is 64.2 Å². The first-order valence-electron chi connectivity index (χ1n) is 13.5. The van der Waals surface area contributed by atoms with Crippen LogP contribution in [0, 0.1) is 17.7 Å². The summed E-state index contributed by atoms with van der Waals surface area (Å²) in [7, 11) is 1.11. The van der Waals surface area contributed by atoms with E-state index in [0.29, 0.717) is 18.8 Å². The number of anilines is 2. The molecule has 0 amide bonds. The van der Waals surface area contributed by atoms with Crippen LogP contribution >= 0.6 is 18.5 Å². The van der Waals surface area contributed by atoms with E-state index >= 15 is 0 Å². The molecule has 4 aromatic rings. The van der Waals surface area contributed by atoms with Crippen molar-refractivity contribution in [2.75, 3.05) is 57.8 Å². The Kier molecular flexibility index (Phi) is 8.70. The topological polar surface area (TPSA) is 53.6 Å². The molecule has 0 spiro atoms. The maximum atomic E-state index is 14.9. The van der Waals surface area contributed by atoms with Gasteiger partial charge in [0.2, 0.25) is 0 Å². The zero-order chi connectivity index (χ0) is 29.1. The van der Waals surface area contributed by atoms with E-state index in [1.165, 1.54) is 12.1 Å². The molecule has 1 aliphatic rings. The molecular weight excluding hydrogens is 559 g/mol. The lowest BCUT2D eigenvalue weighted by atomic mass is 10.0. The molecule has 1 aromatic heterocycles. The summed E-state index contributed by atoms with van der Waals surface area (Å²) in [5, 5.41) is 8.51. The molecule has 1 fully saturated rings. The smallest absolute Gasteiger partial charge is 0.142 e. The summed E-state index contributed by atoms with van der Waals surface area (Å²) in [5.74, 6) is 6.85. The Hall–Kier alpha value is -3.37. The van der Waals surface area contributed by atoms with Gasteiger partial charge in [-0.15, -0.1) is 11.3 Å². The number of fused-ring (bicyclic) bond motifs is 1. The molecule has 0 radical (unpaired) electrons. The lowest BCUT2D eigenvalue weighted by molar-refractivity contribution is 0.149. The van der Waals surface area contributed by atoms with Crippen molar-refractivity contribution < 1.29 is 18.1 Å². The average Bonchev–Trinajstić information content (AvgIpc) is 3.31. The molecule has 2 N–H and O–H groups in total. The molecule has 0 saturated carbocycles. The van der Waals surface area contributed by atoms with Crippen molar-refractivity contribution in [1.82, 2.24) is 4.90 Å². The molecule has 0 aliphatic carbocycles. The zero-order valence-corrected chi connectivity index (χ0v) is 25.3. The number of rotatable bonds is 7. The van der Waals surface area contributed by atoms with Gasteiger partial charge in [0.25, 0.3) is 0 Å². The molecule has 214 valence electrons. The van der Waals surface area contributed by atoms with Crippen molar-refractivity contribution >= 4 is 45.2 Å². The number of nitrogens with one attached hydrogen (secondary N) is 2. The second kappa shape index (κ2) is 12.2. The Labute approximate surface area is 244 Å². The lowest BCUT2D eigenvalue weighted by Gasteiger charge is -2.33. The number of halogens is 2. The monoisotopic (exact) mass is 593 g/mol. The summed E-state index contributed by atoms with van der Waals surface area (Å²) in [6.45, 7) is 5.06. The molecule has 9 heteroatoms. The zero-order valence-electron chi connectivity index (χ0n) is 23.6. The molecule has 2 heterocycles. The molecular formula is C32H34F2N3O2PS. The van der Waals surface area contributed by atoms with Crippen LogP contribution in [0.15, 0.2) is 60.7 Å². The van der Waals surface area contributed by atoms with Gasteiger partial charge in [-0.05, 0) is 68.8 Å². The molecule has 1 saturated heterocycles. The molecule has 5 rings (SSSR count). The van der Waals surface area contributed by atoms with E-state index in [1.54, 1.807) is 50.0 Å². The van der Waals surface area contributed by atoms with Gasteiger partial charge in [-0.25, -0.2) is 8.78 Å². The number of hydrogen-bond acceptors (Lipinski definition) is 6. The molecule has 0 bridgehead atoms. The van der Waals surface area contributed by atoms with Gasteiger partial charge in [0.15, 0.2) is 0 Å². The first-order valence-corrected chi connectivity index (χ1v) is 16.9. The van der Waals surface area contributed by atoms with Gasteiger partial charge in [0, 0.05) is 29.3 Å². The third-order valence-corrected chi connectivity index (χ3v) is 9.99. The summed E-state index contributed by atoms with van der Waals surface area (Å²) in [6, 6.07) is 17.7. The van der Waals surface area contributed by atoms with E-state index in [1.807, 2.05) is 42.3 Å². The van der Waals surface area contributed by atoms with Crippen molar-refractivity contribution in [1.29, 1.82) is 0 Å². The highest BCUT2D eigenvalue weighted by atomic mass is 32.1. The number of likely N-dealkylation sites (tertiary alicyclic amines) is 1. The van der Waals surface area contributed by atoms with Gasteiger partial charge in [0.05, 0.1) is 40.6 Å². The SMILES string of the molecule is COc1cc(P(C)(C)=O)ccc1NCC#Cc1sc2c(NC3CCN(C)CC3F)cccc2c1-c1ccc(F)cc1. The van der Waals surface area contributed by atoms with Gasteiger partial charge < -0.3 is 24.8 Å². The normalized spacial score (nSPS) is 17.6. The predicted molar refractivity (Wildman–Crippen MR) is 169 cm³/mol. The van der Waals surface area contributed by atoms with Gasteiger partial charge in [-0.2, -0.15) is 0 Å². The lowest BCUT2D eigenvalue weighted by Crippen LogP contribution is -2.46. The van der Waals surface area contributed by atoms with E-state index in [9.17, 15) is 13.3 Å². The van der Waals surface area contributed by atoms with Crippen LogP contribution in [-0.2, 0) is 4.57 Å². The molecule has 41 heavy (non-hydrogen) atoms. The maximum Gasteiger partial charge on any atom is 0.142 e. The van der Waals surface area contributed by atoms with Crippen LogP contribution in [0.1, 0.15) is 11.3 Å². The summed E-state index contributed by atoms with van der Waals surface area (Å²) < 4.78 is 47.6. The number of hydrogen-bond donors (Lipinski definition) is 2. The highest BCUT2D eigenvalue weighted by molar-refractivity contribution is 7.70. The minimum Gasteiger partial charge on any atom is -0.495 e. The predicted octanol–water partition coefficient (Wildman–Crippen LogP) is 6.88. The number of alkyl halides is 1. The molecule has 2 unspecified atom stereocenters. The van der Waals surface area contributed by atoms with E-state index in [2.05, 4.69) is 22.5 Å². The van der Waals surface area contributed by atoms with Crippen LogP contribution in [0.5, 0.6) is 5.75 Å². The third kappa shape index (κ3) is 6.59. The van der Waals surface area contributed by atoms with Crippen molar-refractivity contribution in [2.24, 2.45) is 0 Å². The quantitative estimate of drug-likeness (QED) is 0.181. The number of piperidine rings is 1. The van der Waals surface area contributed by atoms with E-state index in [0.717, 1.165) is 55.7 Å². The van der Waals surface area contributed by atoms with Crippen molar-refractivity contribution in [3.63, 3.8) is 0 Å². The highest BCUT2D eigenvalue weighted by Crippen LogP contribution is 2.42. The molecule has 2 atom stereocenters. The summed E-state index contributed by atoms with van der Waals surface area (Å²) in [6.07, 6.45) is -0.236. The Morgan fingerprint density at radius 1 is 1.12 bits per heavy atom.